The van der Waals surface area contributed by atoms with E-state index in [1.54, 1.807) is 0 Å². The summed E-state index contributed by atoms with van der Waals surface area (Å²) >= 11 is 0. The fourth-order valence-corrected chi connectivity index (χ4v) is 6.78. The largest absolute Gasteiger partial charge is 0.257 e. The van der Waals surface area contributed by atoms with Gasteiger partial charge in [-0.2, -0.15) is 0 Å². The second-order valence-corrected chi connectivity index (χ2v) is 13.6. The maximum Gasteiger partial charge on any atom is 0.257 e. The summed E-state index contributed by atoms with van der Waals surface area (Å²) in [4.78, 5) is 3.72. The van der Waals surface area contributed by atoms with E-state index < -0.39 is 0 Å². The molecule has 2 unspecified atom stereocenters. The van der Waals surface area contributed by atoms with Crippen molar-refractivity contribution < 1.29 is 4.57 Å². The summed E-state index contributed by atoms with van der Waals surface area (Å²) in [6.07, 6.45) is 47.3. The molecule has 1 aromatic rings. The van der Waals surface area contributed by atoms with Crippen LogP contribution in [0.15, 0.2) is 12.4 Å². The Morgan fingerprint density at radius 1 is 0.463 bits per heavy atom. The summed E-state index contributed by atoms with van der Waals surface area (Å²) in [6.45, 7) is 9.38. The minimum atomic E-state index is 0.620. The molecule has 1 rings (SSSR count). The summed E-state index contributed by atoms with van der Waals surface area (Å²) < 4.78 is 2.61. The third-order valence-electron chi connectivity index (χ3n) is 9.64. The van der Waals surface area contributed by atoms with Crippen molar-refractivity contribution in [2.24, 2.45) is 0 Å². The Bertz CT molecular complexity index is 635. The van der Waals surface area contributed by atoms with Crippen LogP contribution in [0.2, 0.25) is 0 Å². The van der Waals surface area contributed by atoms with E-state index in [0.717, 1.165) is 0 Å². The summed E-state index contributed by atoms with van der Waals surface area (Å²) in [6, 6.07) is 0.620. The average molecular weight is 574 g/mol. The zero-order chi connectivity index (χ0) is 29.6. The van der Waals surface area contributed by atoms with Crippen LogP contribution in [0.3, 0.4) is 0 Å². The first kappa shape index (κ1) is 38.2. The molecule has 0 aliphatic carbocycles. The van der Waals surface area contributed by atoms with Gasteiger partial charge in [-0.25, -0.2) is 9.55 Å². The summed E-state index contributed by atoms with van der Waals surface area (Å²) in [5, 5.41) is 0. The molecule has 0 aliphatic heterocycles. The first-order valence-electron chi connectivity index (χ1n) is 19.3. The molecule has 2 atom stereocenters. The van der Waals surface area contributed by atoms with Crippen LogP contribution in [0, 0.1) is 0 Å². The molecule has 0 amide bonds. The molecule has 0 fully saturated rings. The Balaban J connectivity index is 2.24. The Hall–Kier alpha value is -0.790. The predicted molar refractivity (Wildman–Crippen MR) is 184 cm³/mol. The van der Waals surface area contributed by atoms with Gasteiger partial charge in [0.15, 0.2) is 0 Å². The molecule has 41 heavy (non-hydrogen) atoms. The lowest BCUT2D eigenvalue weighted by Crippen LogP contribution is -2.41. The van der Waals surface area contributed by atoms with E-state index in [9.17, 15) is 0 Å². The van der Waals surface area contributed by atoms with Gasteiger partial charge in [0.05, 0.1) is 12.0 Å². The number of nitrogens with zero attached hydrogens (tertiary/aromatic N) is 1. The zero-order valence-electron chi connectivity index (χ0n) is 29.0. The second kappa shape index (κ2) is 29.3. The monoisotopic (exact) mass is 574 g/mol. The van der Waals surface area contributed by atoms with Crippen molar-refractivity contribution in [1.82, 2.24) is 4.98 Å². The van der Waals surface area contributed by atoms with Crippen LogP contribution >= 0.6 is 0 Å². The third-order valence-corrected chi connectivity index (χ3v) is 9.64. The Morgan fingerprint density at radius 2 is 0.780 bits per heavy atom. The van der Waals surface area contributed by atoms with Gasteiger partial charge in [-0.3, -0.25) is 0 Å². The standard InChI is InChI=1S/C39H76N2/c1-5-8-11-13-15-16-17-18-19-20-21-22-23-24-26-28-31-34-38(33-30-27-25-14-12-9-6-2)39-40-35-36-41(39)37(4)32-29-10-7-3/h35-38H,5-34H2,1-4H3/p+1. The number of hydrogen-bond acceptors (Lipinski definition) is 0. The molecule has 0 aliphatic rings. The molecule has 242 valence electrons. The van der Waals surface area contributed by atoms with Crippen LogP contribution in [-0.2, 0) is 0 Å². The van der Waals surface area contributed by atoms with Gasteiger partial charge in [0.1, 0.15) is 12.4 Å². The van der Waals surface area contributed by atoms with E-state index in [-0.39, 0.29) is 0 Å². The Kier molecular flexibility index (Phi) is 27.3. The normalized spacial score (nSPS) is 13.2. The lowest BCUT2D eigenvalue weighted by molar-refractivity contribution is -0.727. The molecule has 0 spiro atoms. The number of aromatic nitrogens is 2. The van der Waals surface area contributed by atoms with Crippen molar-refractivity contribution in [2.45, 2.75) is 232 Å². The van der Waals surface area contributed by atoms with E-state index in [1.807, 2.05) is 0 Å². The predicted octanol–water partition coefficient (Wildman–Crippen LogP) is 13.7. The van der Waals surface area contributed by atoms with Crippen LogP contribution in [0.25, 0.3) is 0 Å². The van der Waals surface area contributed by atoms with Crippen molar-refractivity contribution in [2.75, 3.05) is 0 Å². The lowest BCUT2D eigenvalue weighted by atomic mass is 9.92. The number of hydrogen-bond donors (Lipinski definition) is 1. The van der Waals surface area contributed by atoms with Gasteiger partial charge in [-0.05, 0) is 32.6 Å². The van der Waals surface area contributed by atoms with Crippen LogP contribution < -0.4 is 4.57 Å². The summed E-state index contributed by atoms with van der Waals surface area (Å²) in [5.74, 6) is 2.24. The van der Waals surface area contributed by atoms with Gasteiger partial charge in [0, 0.05) is 0 Å². The van der Waals surface area contributed by atoms with Gasteiger partial charge in [0.2, 0.25) is 0 Å². The van der Waals surface area contributed by atoms with Gasteiger partial charge in [0.25, 0.3) is 5.82 Å². The molecule has 1 N–H and O–H groups in total. The van der Waals surface area contributed by atoms with Gasteiger partial charge in [-0.15, -0.1) is 0 Å². The molecule has 2 heteroatoms. The number of H-pyrrole nitrogens is 1. The van der Waals surface area contributed by atoms with E-state index in [2.05, 4.69) is 49.6 Å². The van der Waals surface area contributed by atoms with Crippen molar-refractivity contribution in [3.05, 3.63) is 18.2 Å². The molecule has 1 aromatic heterocycles. The van der Waals surface area contributed by atoms with Crippen molar-refractivity contribution in [3.8, 4) is 0 Å². The molecule has 0 aromatic carbocycles. The SMILES string of the molecule is CCCCCCCCCCCCCCCCCCCC(CCCCCCCCC)c1[nH]cc[n+]1C(C)CCCCC. The highest BCUT2D eigenvalue weighted by Gasteiger charge is 2.25. The minimum absolute atomic E-state index is 0.620. The van der Waals surface area contributed by atoms with Gasteiger partial charge in [-0.1, -0.05) is 188 Å². The van der Waals surface area contributed by atoms with Crippen molar-refractivity contribution in [1.29, 1.82) is 0 Å². The molecule has 0 saturated heterocycles. The highest BCUT2D eigenvalue weighted by molar-refractivity contribution is 4.90. The molecule has 0 saturated carbocycles. The summed E-state index contributed by atoms with van der Waals surface area (Å²) in [5.41, 5.74) is 0. The molecular weight excluding hydrogens is 496 g/mol. The molecule has 0 radical (unpaired) electrons. The second-order valence-electron chi connectivity index (χ2n) is 13.6. The van der Waals surface area contributed by atoms with Crippen LogP contribution in [0.1, 0.15) is 238 Å². The van der Waals surface area contributed by atoms with E-state index in [4.69, 9.17) is 0 Å². The lowest BCUT2D eigenvalue weighted by Gasteiger charge is -2.17. The van der Waals surface area contributed by atoms with Crippen molar-refractivity contribution >= 4 is 0 Å². The van der Waals surface area contributed by atoms with E-state index in [1.165, 1.54) is 198 Å². The summed E-state index contributed by atoms with van der Waals surface area (Å²) in [7, 11) is 0. The molecule has 2 nitrogen and oxygen atoms in total. The Morgan fingerprint density at radius 3 is 1.17 bits per heavy atom. The highest BCUT2D eigenvalue weighted by atomic mass is 15.1. The number of unbranched alkanes of at least 4 members (excludes halogenated alkanes) is 24. The maximum atomic E-state index is 3.72. The van der Waals surface area contributed by atoms with Crippen LogP contribution in [0.5, 0.6) is 0 Å². The number of nitrogens with one attached hydrogen (secondary N) is 1. The number of rotatable bonds is 32. The fraction of sp³-hybridized carbons (Fsp3) is 0.923. The van der Waals surface area contributed by atoms with Gasteiger partial charge >= 0.3 is 0 Å². The fourth-order valence-electron chi connectivity index (χ4n) is 6.78. The Labute approximate surface area is 259 Å². The minimum Gasteiger partial charge on any atom is -0.247 e. The molecular formula is C39H77N2+. The van der Waals surface area contributed by atoms with Gasteiger partial charge < -0.3 is 0 Å². The van der Waals surface area contributed by atoms with E-state index in [0.29, 0.717) is 12.0 Å². The number of imidazole rings is 1. The third kappa shape index (κ3) is 21.5. The number of aromatic amines is 1. The first-order chi connectivity index (χ1) is 20.2. The highest BCUT2D eigenvalue weighted by Crippen LogP contribution is 2.27. The average Bonchev–Trinajstić information content (AvgIpc) is 3.47. The van der Waals surface area contributed by atoms with Crippen LogP contribution in [-0.4, -0.2) is 4.98 Å². The molecule has 0 bridgehead atoms. The zero-order valence-corrected chi connectivity index (χ0v) is 29.0. The smallest absolute Gasteiger partial charge is 0.247 e. The first-order valence-corrected chi connectivity index (χ1v) is 19.3. The quantitative estimate of drug-likeness (QED) is 0.0653. The molecule has 1 heterocycles. The van der Waals surface area contributed by atoms with Crippen molar-refractivity contribution in [3.63, 3.8) is 0 Å². The van der Waals surface area contributed by atoms with Crippen LogP contribution in [0.4, 0.5) is 0 Å². The van der Waals surface area contributed by atoms with E-state index >= 15 is 0 Å². The topological polar surface area (TPSA) is 19.7 Å². The maximum absolute atomic E-state index is 3.72.